The van der Waals surface area contributed by atoms with E-state index in [0.717, 1.165) is 17.0 Å². The molecular weight excluding hydrogens is 229 g/mol. The first-order valence-electron chi connectivity index (χ1n) is 6.05. The van der Waals surface area contributed by atoms with Gasteiger partial charge in [0.2, 0.25) is 0 Å². The van der Waals surface area contributed by atoms with Crippen LogP contribution in [0.3, 0.4) is 0 Å². The Bertz CT molecular complexity index is 519. The molecular formula is C14H18FN3. The van der Waals surface area contributed by atoms with Crippen LogP contribution in [0.25, 0.3) is 0 Å². The number of nitrogens with zero attached hydrogens (tertiary/aromatic N) is 2. The molecule has 0 aliphatic rings. The summed E-state index contributed by atoms with van der Waals surface area (Å²) in [6.45, 7) is 4.37. The van der Waals surface area contributed by atoms with Gasteiger partial charge in [0.1, 0.15) is 6.17 Å². The minimum absolute atomic E-state index is 0.00128. The zero-order valence-corrected chi connectivity index (χ0v) is 10.7. The van der Waals surface area contributed by atoms with E-state index in [1.807, 2.05) is 48.9 Å². The van der Waals surface area contributed by atoms with Gasteiger partial charge in [-0.15, -0.1) is 0 Å². The Balaban J connectivity index is 2.30. The third kappa shape index (κ3) is 2.43. The second-order valence-corrected chi connectivity index (χ2v) is 4.43. The lowest BCUT2D eigenvalue weighted by Gasteiger charge is -2.07. The summed E-state index contributed by atoms with van der Waals surface area (Å²) in [6.07, 6.45) is -1.13. The number of rotatable bonds is 4. The molecule has 3 nitrogen and oxygen atoms in total. The van der Waals surface area contributed by atoms with Crippen LogP contribution < -0.4 is 5.73 Å². The molecule has 1 aromatic heterocycles. The van der Waals surface area contributed by atoms with E-state index in [-0.39, 0.29) is 6.54 Å². The molecule has 96 valence electrons. The number of hydrogen-bond donors (Lipinski definition) is 1. The summed E-state index contributed by atoms with van der Waals surface area (Å²) in [5, 5.41) is 4.40. The molecule has 0 amide bonds. The van der Waals surface area contributed by atoms with Gasteiger partial charge >= 0.3 is 0 Å². The van der Waals surface area contributed by atoms with Crippen molar-refractivity contribution >= 4 is 0 Å². The topological polar surface area (TPSA) is 43.8 Å². The highest BCUT2D eigenvalue weighted by molar-refractivity contribution is 5.28. The van der Waals surface area contributed by atoms with Crippen LogP contribution in [-0.4, -0.2) is 16.3 Å². The van der Waals surface area contributed by atoms with Crippen LogP contribution in [0.1, 0.15) is 28.7 Å². The lowest BCUT2D eigenvalue weighted by Crippen LogP contribution is -2.10. The van der Waals surface area contributed by atoms with Gasteiger partial charge in [-0.05, 0) is 19.4 Å². The maximum absolute atomic E-state index is 13.8. The lowest BCUT2D eigenvalue weighted by molar-refractivity contribution is 0.350. The number of benzene rings is 1. The van der Waals surface area contributed by atoms with E-state index in [9.17, 15) is 4.39 Å². The minimum Gasteiger partial charge on any atom is -0.327 e. The highest BCUT2D eigenvalue weighted by Gasteiger charge is 2.19. The Morgan fingerprint density at radius 2 is 1.94 bits per heavy atom. The summed E-state index contributed by atoms with van der Waals surface area (Å²) in [5.74, 6) is 0. The highest BCUT2D eigenvalue weighted by atomic mass is 19.1. The van der Waals surface area contributed by atoms with Gasteiger partial charge in [0.15, 0.2) is 0 Å². The van der Waals surface area contributed by atoms with Crippen LogP contribution in [0.4, 0.5) is 4.39 Å². The molecule has 0 aliphatic heterocycles. The Morgan fingerprint density at radius 1 is 1.28 bits per heavy atom. The van der Waals surface area contributed by atoms with Crippen molar-refractivity contribution in [3.63, 3.8) is 0 Å². The first kappa shape index (κ1) is 12.8. The van der Waals surface area contributed by atoms with Crippen molar-refractivity contribution in [2.75, 3.05) is 6.54 Å². The molecule has 1 heterocycles. The SMILES string of the molecule is Cc1nn(Cc2ccccc2)c(C)c1C(F)CN. The van der Waals surface area contributed by atoms with E-state index >= 15 is 0 Å². The smallest absolute Gasteiger partial charge is 0.141 e. The zero-order chi connectivity index (χ0) is 13.1. The monoisotopic (exact) mass is 247 g/mol. The van der Waals surface area contributed by atoms with Crippen LogP contribution in [-0.2, 0) is 6.54 Å². The number of aromatic nitrogens is 2. The maximum atomic E-state index is 13.8. The molecule has 0 saturated heterocycles. The fourth-order valence-electron chi connectivity index (χ4n) is 2.19. The van der Waals surface area contributed by atoms with Crippen molar-refractivity contribution in [2.24, 2.45) is 5.73 Å². The minimum atomic E-state index is -1.13. The van der Waals surface area contributed by atoms with Crippen LogP contribution in [0, 0.1) is 13.8 Å². The zero-order valence-electron chi connectivity index (χ0n) is 10.7. The maximum Gasteiger partial charge on any atom is 0.141 e. The largest absolute Gasteiger partial charge is 0.327 e. The van der Waals surface area contributed by atoms with Crippen molar-refractivity contribution in [2.45, 2.75) is 26.6 Å². The van der Waals surface area contributed by atoms with Gasteiger partial charge < -0.3 is 5.73 Å². The standard InChI is InChI=1S/C14H18FN3/c1-10-14(13(15)8-16)11(2)18(17-10)9-12-6-4-3-5-7-12/h3-7,13H,8-9,16H2,1-2H3. The van der Waals surface area contributed by atoms with Gasteiger partial charge in [-0.3, -0.25) is 4.68 Å². The average Bonchev–Trinajstić information content (AvgIpc) is 2.65. The molecule has 0 aliphatic carbocycles. The van der Waals surface area contributed by atoms with Gasteiger partial charge in [-0.1, -0.05) is 30.3 Å². The summed E-state index contributed by atoms with van der Waals surface area (Å²) in [5.41, 5.74) is 8.75. The van der Waals surface area contributed by atoms with Gasteiger partial charge in [0.25, 0.3) is 0 Å². The summed E-state index contributed by atoms with van der Waals surface area (Å²) >= 11 is 0. The van der Waals surface area contributed by atoms with Gasteiger partial charge in [-0.2, -0.15) is 5.10 Å². The summed E-state index contributed by atoms with van der Waals surface area (Å²) in [7, 11) is 0. The predicted molar refractivity (Wildman–Crippen MR) is 70.1 cm³/mol. The highest BCUT2D eigenvalue weighted by Crippen LogP contribution is 2.24. The Hall–Kier alpha value is -1.68. The molecule has 2 aromatic rings. The van der Waals surface area contributed by atoms with E-state index in [4.69, 9.17) is 5.73 Å². The molecule has 0 spiro atoms. The Kier molecular flexibility index (Phi) is 3.77. The van der Waals surface area contributed by atoms with Crippen LogP contribution in [0.5, 0.6) is 0 Å². The van der Waals surface area contributed by atoms with Gasteiger partial charge in [-0.25, -0.2) is 4.39 Å². The molecule has 0 saturated carbocycles. The quantitative estimate of drug-likeness (QED) is 0.902. The fraction of sp³-hybridized carbons (Fsp3) is 0.357. The van der Waals surface area contributed by atoms with Crippen molar-refractivity contribution < 1.29 is 4.39 Å². The molecule has 2 rings (SSSR count). The van der Waals surface area contributed by atoms with E-state index in [0.29, 0.717) is 12.1 Å². The van der Waals surface area contributed by atoms with Crippen molar-refractivity contribution in [1.82, 2.24) is 9.78 Å². The first-order valence-corrected chi connectivity index (χ1v) is 6.05. The summed E-state index contributed by atoms with van der Waals surface area (Å²) < 4.78 is 15.6. The molecule has 0 bridgehead atoms. The van der Waals surface area contributed by atoms with E-state index < -0.39 is 6.17 Å². The summed E-state index contributed by atoms with van der Waals surface area (Å²) in [6, 6.07) is 10.0. The molecule has 0 fully saturated rings. The van der Waals surface area contributed by atoms with Crippen LogP contribution in [0.15, 0.2) is 30.3 Å². The van der Waals surface area contributed by atoms with Crippen LogP contribution in [0.2, 0.25) is 0 Å². The number of nitrogens with two attached hydrogens (primary N) is 1. The van der Waals surface area contributed by atoms with Crippen LogP contribution >= 0.6 is 0 Å². The molecule has 1 unspecified atom stereocenters. The third-order valence-electron chi connectivity index (χ3n) is 3.13. The average molecular weight is 247 g/mol. The second-order valence-electron chi connectivity index (χ2n) is 4.43. The number of hydrogen-bond acceptors (Lipinski definition) is 2. The van der Waals surface area contributed by atoms with Gasteiger partial charge in [0.05, 0.1) is 12.2 Å². The number of aryl methyl sites for hydroxylation is 1. The molecule has 4 heteroatoms. The van der Waals surface area contributed by atoms with Crippen molar-refractivity contribution in [1.29, 1.82) is 0 Å². The number of halogens is 1. The molecule has 0 radical (unpaired) electrons. The van der Waals surface area contributed by atoms with Crippen molar-refractivity contribution in [3.05, 3.63) is 52.8 Å². The van der Waals surface area contributed by atoms with E-state index in [1.165, 1.54) is 0 Å². The van der Waals surface area contributed by atoms with Gasteiger partial charge in [0, 0.05) is 17.8 Å². The summed E-state index contributed by atoms with van der Waals surface area (Å²) in [4.78, 5) is 0. The third-order valence-corrected chi connectivity index (χ3v) is 3.13. The predicted octanol–water partition coefficient (Wildman–Crippen LogP) is 2.52. The normalized spacial score (nSPS) is 12.7. The molecule has 2 N–H and O–H groups in total. The first-order chi connectivity index (χ1) is 8.63. The number of alkyl halides is 1. The van der Waals surface area contributed by atoms with Crippen molar-refractivity contribution in [3.8, 4) is 0 Å². The Morgan fingerprint density at radius 3 is 2.56 bits per heavy atom. The van der Waals surface area contributed by atoms with E-state index in [2.05, 4.69) is 5.10 Å². The Labute approximate surface area is 106 Å². The molecule has 18 heavy (non-hydrogen) atoms. The molecule has 1 aromatic carbocycles. The molecule has 1 atom stereocenters. The fourth-order valence-corrected chi connectivity index (χ4v) is 2.19. The lowest BCUT2D eigenvalue weighted by atomic mass is 10.1. The van der Waals surface area contributed by atoms with E-state index in [1.54, 1.807) is 0 Å². The second kappa shape index (κ2) is 5.31.